The van der Waals surface area contributed by atoms with E-state index in [0.29, 0.717) is 6.61 Å². The van der Waals surface area contributed by atoms with Gasteiger partial charge in [0.1, 0.15) is 5.75 Å². The van der Waals surface area contributed by atoms with Gasteiger partial charge < -0.3 is 14.2 Å². The second kappa shape index (κ2) is 9.27. The monoisotopic (exact) mass is 390 g/mol. The first-order valence-electron chi connectivity index (χ1n) is 10.8. The van der Waals surface area contributed by atoms with E-state index >= 15 is 0 Å². The van der Waals surface area contributed by atoms with Crippen molar-refractivity contribution in [3.8, 4) is 16.9 Å². The fourth-order valence-electron chi connectivity index (χ4n) is 4.12. The number of para-hydroxylation sites is 1. The van der Waals surface area contributed by atoms with Crippen LogP contribution in [0.1, 0.15) is 32.6 Å². The van der Waals surface area contributed by atoms with Crippen LogP contribution in [0, 0.1) is 0 Å². The van der Waals surface area contributed by atoms with E-state index in [1.165, 1.54) is 32.4 Å². The summed E-state index contributed by atoms with van der Waals surface area (Å²) in [5, 5.41) is 0.787. The molecular weight excluding hydrogens is 360 g/mol. The van der Waals surface area contributed by atoms with Crippen molar-refractivity contribution >= 4 is 10.9 Å². The zero-order valence-electron chi connectivity index (χ0n) is 17.3. The summed E-state index contributed by atoms with van der Waals surface area (Å²) < 4.78 is 7.94. The highest BCUT2D eigenvalue weighted by Gasteiger charge is 2.13. The topological polar surface area (TPSA) is 34.5 Å². The molecule has 4 rings (SSSR count). The number of aromatic nitrogens is 1. The fourth-order valence-corrected chi connectivity index (χ4v) is 4.12. The second-order valence-electron chi connectivity index (χ2n) is 7.86. The first-order chi connectivity index (χ1) is 14.3. The number of likely N-dealkylation sites (tertiary alicyclic amines) is 1. The number of rotatable bonds is 7. The molecular formula is C25H30N2O2. The maximum absolute atomic E-state index is 13.2. The Morgan fingerprint density at radius 2 is 1.69 bits per heavy atom. The Bertz CT molecular complexity index is 1000. The maximum atomic E-state index is 13.2. The lowest BCUT2D eigenvalue weighted by atomic mass is 10.0. The molecule has 1 aliphatic rings. The van der Waals surface area contributed by atoms with E-state index < -0.39 is 0 Å². The van der Waals surface area contributed by atoms with E-state index in [1.807, 2.05) is 48.7 Å². The van der Waals surface area contributed by atoms with Crippen LogP contribution >= 0.6 is 0 Å². The molecule has 3 aromatic rings. The van der Waals surface area contributed by atoms with Gasteiger partial charge in [0.2, 0.25) is 0 Å². The lowest BCUT2D eigenvalue weighted by Gasteiger charge is -2.27. The van der Waals surface area contributed by atoms with Gasteiger partial charge in [-0.3, -0.25) is 4.79 Å². The van der Waals surface area contributed by atoms with E-state index in [-0.39, 0.29) is 5.43 Å². The number of hydrogen-bond acceptors (Lipinski definition) is 3. The first-order valence-corrected chi connectivity index (χ1v) is 10.8. The summed E-state index contributed by atoms with van der Waals surface area (Å²) in [7, 11) is 0. The SMILES string of the molecule is CCCOc1ccc(-c2cn(CCN3CCCCC3)c3ccccc3c2=O)cc1. The first kappa shape index (κ1) is 19.7. The zero-order chi connectivity index (χ0) is 20.1. The van der Waals surface area contributed by atoms with Gasteiger partial charge in [0, 0.05) is 30.2 Å². The zero-order valence-corrected chi connectivity index (χ0v) is 17.3. The van der Waals surface area contributed by atoms with Crippen molar-refractivity contribution in [2.24, 2.45) is 0 Å². The van der Waals surface area contributed by atoms with E-state index in [9.17, 15) is 4.79 Å². The highest BCUT2D eigenvalue weighted by molar-refractivity contribution is 5.84. The van der Waals surface area contributed by atoms with Crippen LogP contribution in [0.4, 0.5) is 0 Å². The third-order valence-electron chi connectivity index (χ3n) is 5.73. The lowest BCUT2D eigenvalue weighted by Crippen LogP contribution is -2.32. The normalized spacial score (nSPS) is 14.9. The minimum atomic E-state index is 0.0945. The predicted octanol–water partition coefficient (Wildman–Crippen LogP) is 4.94. The average molecular weight is 391 g/mol. The molecule has 1 fully saturated rings. The molecule has 0 atom stereocenters. The van der Waals surface area contributed by atoms with Gasteiger partial charge in [0.05, 0.1) is 12.1 Å². The van der Waals surface area contributed by atoms with Crippen LogP contribution in [0.5, 0.6) is 5.75 Å². The summed E-state index contributed by atoms with van der Waals surface area (Å²) in [4.78, 5) is 15.7. The summed E-state index contributed by atoms with van der Waals surface area (Å²) in [5.74, 6) is 0.849. The van der Waals surface area contributed by atoms with E-state index in [4.69, 9.17) is 4.74 Å². The average Bonchev–Trinajstić information content (AvgIpc) is 2.78. The van der Waals surface area contributed by atoms with Gasteiger partial charge in [-0.1, -0.05) is 37.6 Å². The number of ether oxygens (including phenoxy) is 1. The van der Waals surface area contributed by atoms with Crippen LogP contribution in [0.3, 0.4) is 0 Å². The van der Waals surface area contributed by atoms with Crippen LogP contribution in [0.15, 0.2) is 59.5 Å². The molecule has 4 nitrogen and oxygen atoms in total. The molecule has 0 radical (unpaired) electrons. The summed E-state index contributed by atoms with van der Waals surface area (Å²) in [5.41, 5.74) is 2.80. The molecule has 0 bridgehead atoms. The number of fused-ring (bicyclic) bond motifs is 1. The van der Waals surface area contributed by atoms with Crippen LogP contribution in [-0.2, 0) is 6.54 Å². The highest BCUT2D eigenvalue weighted by atomic mass is 16.5. The molecule has 1 aromatic heterocycles. The Morgan fingerprint density at radius 3 is 2.45 bits per heavy atom. The summed E-state index contributed by atoms with van der Waals surface area (Å²) in [6.45, 7) is 7.09. The molecule has 2 heterocycles. The molecule has 0 saturated carbocycles. The molecule has 0 N–H and O–H groups in total. The van der Waals surface area contributed by atoms with Crippen molar-refractivity contribution in [3.63, 3.8) is 0 Å². The molecule has 0 spiro atoms. The fraction of sp³-hybridized carbons (Fsp3) is 0.400. The Balaban J connectivity index is 1.66. The number of hydrogen-bond donors (Lipinski definition) is 0. The Kier molecular flexibility index (Phi) is 6.30. The van der Waals surface area contributed by atoms with Gasteiger partial charge in [0.15, 0.2) is 5.43 Å². The van der Waals surface area contributed by atoms with Gasteiger partial charge in [-0.15, -0.1) is 0 Å². The van der Waals surface area contributed by atoms with E-state index in [0.717, 1.165) is 47.3 Å². The number of pyridine rings is 1. The standard InChI is InChI=1S/C25H30N2O2/c1-2-18-29-21-12-10-20(11-13-21)23-19-27(17-16-26-14-6-3-7-15-26)24-9-5-4-8-22(24)25(23)28/h4-5,8-13,19H,2-3,6-7,14-18H2,1H3. The molecule has 29 heavy (non-hydrogen) atoms. The van der Waals surface area contributed by atoms with Crippen molar-refractivity contribution < 1.29 is 4.74 Å². The molecule has 1 aliphatic heterocycles. The summed E-state index contributed by atoms with van der Waals surface area (Å²) >= 11 is 0. The van der Waals surface area contributed by atoms with Gasteiger partial charge in [-0.05, 0) is 62.2 Å². The molecule has 0 unspecified atom stereocenters. The third kappa shape index (κ3) is 4.54. The maximum Gasteiger partial charge on any atom is 0.197 e. The van der Waals surface area contributed by atoms with Gasteiger partial charge in [-0.2, -0.15) is 0 Å². The van der Waals surface area contributed by atoms with Crippen molar-refractivity contribution in [1.82, 2.24) is 9.47 Å². The number of piperidine rings is 1. The molecule has 2 aromatic carbocycles. The second-order valence-corrected chi connectivity index (χ2v) is 7.86. The largest absolute Gasteiger partial charge is 0.494 e. The predicted molar refractivity (Wildman–Crippen MR) is 120 cm³/mol. The van der Waals surface area contributed by atoms with Gasteiger partial charge in [-0.25, -0.2) is 0 Å². The summed E-state index contributed by atoms with van der Waals surface area (Å²) in [6, 6.07) is 15.9. The lowest BCUT2D eigenvalue weighted by molar-refractivity contribution is 0.221. The van der Waals surface area contributed by atoms with Crippen LogP contribution in [-0.4, -0.2) is 35.7 Å². The number of nitrogens with zero attached hydrogens (tertiary/aromatic N) is 2. The van der Waals surface area contributed by atoms with Gasteiger partial charge in [0.25, 0.3) is 0 Å². The van der Waals surface area contributed by atoms with E-state index in [1.54, 1.807) is 0 Å². The third-order valence-corrected chi connectivity index (χ3v) is 5.73. The smallest absolute Gasteiger partial charge is 0.197 e. The Hall–Kier alpha value is -2.59. The van der Waals surface area contributed by atoms with Crippen LogP contribution in [0.2, 0.25) is 0 Å². The highest BCUT2D eigenvalue weighted by Crippen LogP contribution is 2.23. The Morgan fingerprint density at radius 1 is 0.931 bits per heavy atom. The molecule has 4 heteroatoms. The minimum absolute atomic E-state index is 0.0945. The Labute approximate surface area is 172 Å². The van der Waals surface area contributed by atoms with Crippen molar-refractivity contribution in [3.05, 3.63) is 65.0 Å². The number of benzene rings is 2. The van der Waals surface area contributed by atoms with Gasteiger partial charge >= 0.3 is 0 Å². The molecule has 0 aliphatic carbocycles. The minimum Gasteiger partial charge on any atom is -0.494 e. The van der Waals surface area contributed by atoms with Crippen molar-refractivity contribution in [1.29, 1.82) is 0 Å². The van der Waals surface area contributed by atoms with Crippen LogP contribution in [0.25, 0.3) is 22.0 Å². The van der Waals surface area contributed by atoms with Crippen molar-refractivity contribution in [2.75, 3.05) is 26.2 Å². The molecule has 1 saturated heterocycles. The van der Waals surface area contributed by atoms with Crippen LogP contribution < -0.4 is 10.2 Å². The quantitative estimate of drug-likeness (QED) is 0.573. The van der Waals surface area contributed by atoms with Crippen molar-refractivity contribution in [2.45, 2.75) is 39.2 Å². The molecule has 152 valence electrons. The summed E-state index contributed by atoms with van der Waals surface area (Å²) in [6.07, 6.45) is 6.95. The molecule has 0 amide bonds. The van der Waals surface area contributed by atoms with E-state index in [2.05, 4.69) is 22.5 Å².